The van der Waals surface area contributed by atoms with Gasteiger partial charge in [-0.1, -0.05) is 30.3 Å². The van der Waals surface area contributed by atoms with Gasteiger partial charge in [0.05, 0.1) is 19.4 Å². The summed E-state index contributed by atoms with van der Waals surface area (Å²) in [5.41, 5.74) is 2.08. The molecule has 1 fully saturated rings. The molecule has 0 spiro atoms. The van der Waals surface area contributed by atoms with Crippen LogP contribution in [0.1, 0.15) is 23.6 Å². The lowest BCUT2D eigenvalue weighted by Gasteiger charge is -2.22. The van der Waals surface area contributed by atoms with Gasteiger partial charge in [0.1, 0.15) is 6.04 Å². The van der Waals surface area contributed by atoms with Crippen molar-refractivity contribution in [2.45, 2.75) is 19.1 Å². The second kappa shape index (κ2) is 8.27. The van der Waals surface area contributed by atoms with Crippen LogP contribution in [-0.4, -0.2) is 47.3 Å². The van der Waals surface area contributed by atoms with Gasteiger partial charge in [0.15, 0.2) is 0 Å². The SMILES string of the molecule is CNC(C(=O)N1CCC(COCc2ccccc2)C1)c1cnn(C)c1. The Kier molecular flexibility index (Phi) is 5.83. The number of benzene rings is 1. The Hall–Kier alpha value is -2.18. The summed E-state index contributed by atoms with van der Waals surface area (Å²) in [6.07, 6.45) is 4.62. The molecule has 2 heterocycles. The highest BCUT2D eigenvalue weighted by Gasteiger charge is 2.31. The number of hydrogen-bond acceptors (Lipinski definition) is 4. The number of carbonyl (C=O) groups excluding carboxylic acids is 1. The third kappa shape index (κ3) is 4.46. The molecule has 1 N–H and O–H groups in total. The Bertz CT molecular complexity index is 686. The average molecular weight is 342 g/mol. The van der Waals surface area contributed by atoms with Gasteiger partial charge in [0, 0.05) is 37.8 Å². The van der Waals surface area contributed by atoms with E-state index in [1.807, 2.05) is 43.4 Å². The van der Waals surface area contributed by atoms with Crippen molar-refractivity contribution in [2.75, 3.05) is 26.7 Å². The van der Waals surface area contributed by atoms with Crippen molar-refractivity contribution in [3.05, 3.63) is 53.9 Å². The van der Waals surface area contributed by atoms with Crippen LogP contribution in [0.5, 0.6) is 0 Å². The van der Waals surface area contributed by atoms with Crippen molar-refractivity contribution in [3.63, 3.8) is 0 Å². The summed E-state index contributed by atoms with van der Waals surface area (Å²) < 4.78 is 7.56. The predicted octanol–water partition coefficient (Wildman–Crippen LogP) is 1.75. The molecule has 1 saturated heterocycles. The fourth-order valence-electron chi connectivity index (χ4n) is 3.29. The standard InChI is InChI=1S/C19H26N4O2/c1-20-18(17-10-21-22(2)12-17)19(24)23-9-8-16(11-23)14-25-13-15-6-4-3-5-7-15/h3-7,10,12,16,18,20H,8-9,11,13-14H2,1-2H3. The van der Waals surface area contributed by atoms with E-state index in [0.717, 1.165) is 25.1 Å². The highest BCUT2D eigenvalue weighted by Crippen LogP contribution is 2.22. The van der Waals surface area contributed by atoms with E-state index in [9.17, 15) is 4.79 Å². The van der Waals surface area contributed by atoms with E-state index in [1.165, 1.54) is 5.56 Å². The van der Waals surface area contributed by atoms with Crippen LogP contribution in [0.15, 0.2) is 42.7 Å². The van der Waals surface area contributed by atoms with Crippen molar-refractivity contribution in [1.29, 1.82) is 0 Å². The van der Waals surface area contributed by atoms with E-state index in [2.05, 4.69) is 22.5 Å². The third-order valence-electron chi connectivity index (χ3n) is 4.66. The quantitative estimate of drug-likeness (QED) is 0.833. The number of amides is 1. The molecule has 1 aromatic heterocycles. The summed E-state index contributed by atoms with van der Waals surface area (Å²) in [6.45, 7) is 2.86. The largest absolute Gasteiger partial charge is 0.376 e. The molecular weight excluding hydrogens is 316 g/mol. The minimum absolute atomic E-state index is 0.112. The Morgan fingerprint density at radius 1 is 1.40 bits per heavy atom. The molecule has 2 atom stereocenters. The highest BCUT2D eigenvalue weighted by atomic mass is 16.5. The van der Waals surface area contributed by atoms with E-state index >= 15 is 0 Å². The monoisotopic (exact) mass is 342 g/mol. The zero-order valence-electron chi connectivity index (χ0n) is 14.9. The van der Waals surface area contributed by atoms with Crippen LogP contribution < -0.4 is 5.32 Å². The maximum absolute atomic E-state index is 12.8. The molecule has 6 heteroatoms. The summed E-state index contributed by atoms with van der Waals surface area (Å²) >= 11 is 0. The number of hydrogen-bond donors (Lipinski definition) is 1. The fourth-order valence-corrected chi connectivity index (χ4v) is 3.29. The Balaban J connectivity index is 1.49. The number of likely N-dealkylation sites (tertiary alicyclic amines) is 1. The number of aryl methyl sites for hydroxylation is 1. The minimum atomic E-state index is -0.335. The lowest BCUT2D eigenvalue weighted by atomic mass is 10.1. The second-order valence-corrected chi connectivity index (χ2v) is 6.61. The first-order valence-electron chi connectivity index (χ1n) is 8.73. The van der Waals surface area contributed by atoms with Crippen molar-refractivity contribution in [3.8, 4) is 0 Å². The molecule has 1 aliphatic rings. The van der Waals surface area contributed by atoms with Crippen LogP contribution in [0.3, 0.4) is 0 Å². The number of carbonyl (C=O) groups is 1. The number of nitrogens with zero attached hydrogens (tertiary/aromatic N) is 3. The molecule has 134 valence electrons. The van der Waals surface area contributed by atoms with E-state index in [-0.39, 0.29) is 11.9 Å². The number of likely N-dealkylation sites (N-methyl/N-ethyl adjacent to an activating group) is 1. The van der Waals surface area contributed by atoms with Crippen molar-refractivity contribution >= 4 is 5.91 Å². The lowest BCUT2D eigenvalue weighted by molar-refractivity contribution is -0.132. The first-order chi connectivity index (χ1) is 12.2. The normalized spacial score (nSPS) is 18.5. The van der Waals surface area contributed by atoms with Crippen molar-refractivity contribution in [2.24, 2.45) is 13.0 Å². The minimum Gasteiger partial charge on any atom is -0.376 e. The van der Waals surface area contributed by atoms with Crippen LogP contribution in [0.4, 0.5) is 0 Å². The molecular formula is C19H26N4O2. The predicted molar refractivity (Wildman–Crippen MR) is 95.8 cm³/mol. The summed E-state index contributed by atoms with van der Waals surface area (Å²) in [6, 6.07) is 9.84. The van der Waals surface area contributed by atoms with Crippen molar-refractivity contribution in [1.82, 2.24) is 20.0 Å². The van der Waals surface area contributed by atoms with E-state index in [0.29, 0.717) is 19.1 Å². The van der Waals surface area contributed by atoms with Crippen molar-refractivity contribution < 1.29 is 9.53 Å². The molecule has 2 unspecified atom stereocenters. The number of ether oxygens (including phenoxy) is 1. The van der Waals surface area contributed by atoms with Crippen LogP contribution in [0.25, 0.3) is 0 Å². The summed E-state index contributed by atoms with van der Waals surface area (Å²) in [5, 5.41) is 7.28. The maximum Gasteiger partial charge on any atom is 0.244 e. The highest BCUT2D eigenvalue weighted by molar-refractivity contribution is 5.83. The molecule has 0 aliphatic carbocycles. The first kappa shape index (κ1) is 17.6. The Morgan fingerprint density at radius 2 is 2.20 bits per heavy atom. The van der Waals surface area contributed by atoms with E-state index in [4.69, 9.17) is 4.74 Å². The summed E-state index contributed by atoms with van der Waals surface area (Å²) in [4.78, 5) is 14.7. The van der Waals surface area contributed by atoms with Crippen LogP contribution in [0, 0.1) is 5.92 Å². The molecule has 25 heavy (non-hydrogen) atoms. The molecule has 1 amide bonds. The van der Waals surface area contributed by atoms with Gasteiger partial charge < -0.3 is 15.0 Å². The number of nitrogens with one attached hydrogen (secondary N) is 1. The molecule has 1 aliphatic heterocycles. The molecule has 6 nitrogen and oxygen atoms in total. The summed E-state index contributed by atoms with van der Waals surface area (Å²) in [5.74, 6) is 0.514. The Morgan fingerprint density at radius 3 is 2.88 bits per heavy atom. The smallest absolute Gasteiger partial charge is 0.244 e. The van der Waals surface area contributed by atoms with Crippen LogP contribution in [0.2, 0.25) is 0 Å². The van der Waals surface area contributed by atoms with Gasteiger partial charge in [-0.05, 0) is 19.0 Å². The van der Waals surface area contributed by atoms with Gasteiger partial charge in [-0.2, -0.15) is 5.10 Å². The zero-order valence-corrected chi connectivity index (χ0v) is 14.9. The first-order valence-corrected chi connectivity index (χ1v) is 8.73. The zero-order chi connectivity index (χ0) is 17.6. The third-order valence-corrected chi connectivity index (χ3v) is 4.66. The molecule has 0 radical (unpaired) electrons. The van der Waals surface area contributed by atoms with E-state index < -0.39 is 0 Å². The number of aromatic nitrogens is 2. The van der Waals surface area contributed by atoms with Crippen LogP contribution in [-0.2, 0) is 23.2 Å². The molecule has 0 bridgehead atoms. The van der Waals surface area contributed by atoms with Gasteiger partial charge in [-0.3, -0.25) is 9.48 Å². The molecule has 1 aromatic carbocycles. The van der Waals surface area contributed by atoms with Gasteiger partial charge in [-0.25, -0.2) is 0 Å². The molecule has 3 rings (SSSR count). The molecule has 0 saturated carbocycles. The maximum atomic E-state index is 12.8. The Labute approximate surface area is 148 Å². The van der Waals surface area contributed by atoms with E-state index in [1.54, 1.807) is 10.9 Å². The number of rotatable bonds is 7. The molecule has 2 aromatic rings. The van der Waals surface area contributed by atoms with Gasteiger partial charge in [0.25, 0.3) is 0 Å². The second-order valence-electron chi connectivity index (χ2n) is 6.61. The topological polar surface area (TPSA) is 59.4 Å². The fraction of sp³-hybridized carbons (Fsp3) is 0.474. The van der Waals surface area contributed by atoms with Gasteiger partial charge in [0.2, 0.25) is 5.91 Å². The lowest BCUT2D eigenvalue weighted by Crippen LogP contribution is -2.38. The van der Waals surface area contributed by atoms with Crippen LogP contribution >= 0.6 is 0 Å². The van der Waals surface area contributed by atoms with Gasteiger partial charge >= 0.3 is 0 Å². The van der Waals surface area contributed by atoms with Gasteiger partial charge in [-0.15, -0.1) is 0 Å². The average Bonchev–Trinajstić information content (AvgIpc) is 3.26. The summed E-state index contributed by atoms with van der Waals surface area (Å²) in [7, 11) is 3.67.